The quantitative estimate of drug-likeness (QED) is 0.829. The van der Waals surface area contributed by atoms with Crippen molar-refractivity contribution in [1.29, 1.82) is 0 Å². The van der Waals surface area contributed by atoms with E-state index in [9.17, 15) is 4.79 Å². The van der Waals surface area contributed by atoms with Crippen LogP contribution in [0.15, 0.2) is 22.7 Å². The molecule has 0 radical (unpaired) electrons. The van der Waals surface area contributed by atoms with Gasteiger partial charge in [0.05, 0.1) is 0 Å². The van der Waals surface area contributed by atoms with Gasteiger partial charge in [-0.25, -0.2) is 0 Å². The molecule has 1 amide bonds. The molecule has 0 aliphatic rings. The smallest absolute Gasteiger partial charge is 0.253 e. The highest BCUT2D eigenvalue weighted by Crippen LogP contribution is 2.19. The fourth-order valence-corrected chi connectivity index (χ4v) is 1.94. The largest absolute Gasteiger partial charge is 0.339 e. The Kier molecular flexibility index (Phi) is 4.75. The molecule has 0 aliphatic carbocycles. The maximum Gasteiger partial charge on any atom is 0.253 e. The SMILES string of the molecule is Cc1ccc(C(=O)N(C)C(C)C(C)C)cc1Br. The fourth-order valence-electron chi connectivity index (χ4n) is 1.56. The van der Waals surface area contributed by atoms with Crippen molar-refractivity contribution in [3.05, 3.63) is 33.8 Å². The first-order valence-electron chi connectivity index (χ1n) is 5.88. The highest BCUT2D eigenvalue weighted by Gasteiger charge is 2.20. The van der Waals surface area contributed by atoms with Gasteiger partial charge in [-0.1, -0.05) is 35.8 Å². The minimum absolute atomic E-state index is 0.0758. The van der Waals surface area contributed by atoms with Gasteiger partial charge in [-0.3, -0.25) is 4.79 Å². The van der Waals surface area contributed by atoms with Crippen LogP contribution in [0, 0.1) is 12.8 Å². The van der Waals surface area contributed by atoms with Crippen molar-refractivity contribution in [3.63, 3.8) is 0 Å². The fraction of sp³-hybridized carbons (Fsp3) is 0.500. The molecule has 17 heavy (non-hydrogen) atoms. The average Bonchev–Trinajstić information content (AvgIpc) is 2.29. The van der Waals surface area contributed by atoms with Gasteiger partial charge in [0.1, 0.15) is 0 Å². The molecular formula is C14H20BrNO. The highest BCUT2D eigenvalue weighted by molar-refractivity contribution is 9.10. The van der Waals surface area contributed by atoms with Crippen LogP contribution in [0.1, 0.15) is 36.7 Å². The average molecular weight is 298 g/mol. The van der Waals surface area contributed by atoms with Crippen LogP contribution >= 0.6 is 15.9 Å². The van der Waals surface area contributed by atoms with Crippen LogP contribution in [0.4, 0.5) is 0 Å². The predicted octanol–water partition coefficient (Wildman–Crippen LogP) is 3.87. The van der Waals surface area contributed by atoms with Crippen LogP contribution in [0.25, 0.3) is 0 Å². The van der Waals surface area contributed by atoms with Gasteiger partial charge in [0.15, 0.2) is 0 Å². The first kappa shape index (κ1) is 14.2. The third kappa shape index (κ3) is 3.32. The Balaban J connectivity index is 2.92. The van der Waals surface area contributed by atoms with E-state index < -0.39 is 0 Å². The molecule has 0 bridgehead atoms. The van der Waals surface area contributed by atoms with Crippen LogP contribution in [0.5, 0.6) is 0 Å². The zero-order chi connectivity index (χ0) is 13.2. The van der Waals surface area contributed by atoms with E-state index in [-0.39, 0.29) is 11.9 Å². The second kappa shape index (κ2) is 5.67. The number of halogens is 1. The van der Waals surface area contributed by atoms with E-state index in [2.05, 4.69) is 36.7 Å². The van der Waals surface area contributed by atoms with E-state index in [1.54, 1.807) is 0 Å². The van der Waals surface area contributed by atoms with Crippen LogP contribution in [0.2, 0.25) is 0 Å². The van der Waals surface area contributed by atoms with E-state index >= 15 is 0 Å². The number of benzene rings is 1. The zero-order valence-electron chi connectivity index (χ0n) is 11.1. The van der Waals surface area contributed by atoms with Crippen LogP contribution in [0.3, 0.4) is 0 Å². The summed E-state index contributed by atoms with van der Waals surface area (Å²) in [5.41, 5.74) is 1.87. The summed E-state index contributed by atoms with van der Waals surface area (Å²) in [7, 11) is 1.86. The monoisotopic (exact) mass is 297 g/mol. The van der Waals surface area contributed by atoms with Gasteiger partial charge in [0.25, 0.3) is 5.91 Å². The molecule has 0 heterocycles. The number of nitrogens with zero attached hydrogens (tertiary/aromatic N) is 1. The van der Waals surface area contributed by atoms with Crippen molar-refractivity contribution in [2.45, 2.75) is 33.7 Å². The molecule has 0 fully saturated rings. The molecule has 1 aromatic rings. The number of hydrogen-bond acceptors (Lipinski definition) is 1. The number of hydrogen-bond donors (Lipinski definition) is 0. The molecule has 1 unspecified atom stereocenters. The molecule has 0 aromatic heterocycles. The Morgan fingerprint density at radius 3 is 2.35 bits per heavy atom. The highest BCUT2D eigenvalue weighted by atomic mass is 79.9. The first-order valence-corrected chi connectivity index (χ1v) is 6.67. The van der Waals surface area contributed by atoms with Gasteiger partial charge < -0.3 is 4.90 Å². The lowest BCUT2D eigenvalue weighted by Crippen LogP contribution is -2.38. The van der Waals surface area contributed by atoms with Gasteiger partial charge in [-0.05, 0) is 37.5 Å². The van der Waals surface area contributed by atoms with E-state index in [1.165, 1.54) is 0 Å². The summed E-state index contributed by atoms with van der Waals surface area (Å²) >= 11 is 3.46. The third-order valence-corrected chi connectivity index (χ3v) is 4.17. The summed E-state index contributed by atoms with van der Waals surface area (Å²) in [4.78, 5) is 14.1. The normalized spacial score (nSPS) is 12.6. The zero-order valence-corrected chi connectivity index (χ0v) is 12.7. The van der Waals surface area contributed by atoms with Crippen LogP contribution in [-0.2, 0) is 0 Å². The van der Waals surface area contributed by atoms with E-state index in [0.717, 1.165) is 15.6 Å². The summed E-state index contributed by atoms with van der Waals surface area (Å²) in [5.74, 6) is 0.532. The van der Waals surface area contributed by atoms with Crippen molar-refractivity contribution < 1.29 is 4.79 Å². The Morgan fingerprint density at radius 2 is 1.88 bits per heavy atom. The molecule has 94 valence electrons. The van der Waals surface area contributed by atoms with E-state index in [1.807, 2.05) is 37.1 Å². The first-order chi connectivity index (χ1) is 7.84. The molecule has 0 saturated heterocycles. The van der Waals surface area contributed by atoms with Crippen molar-refractivity contribution >= 4 is 21.8 Å². The predicted molar refractivity (Wildman–Crippen MR) is 75.3 cm³/mol. The number of carbonyl (C=O) groups excluding carboxylic acids is 1. The number of rotatable bonds is 3. The standard InChI is InChI=1S/C14H20BrNO/c1-9(2)11(4)16(5)14(17)12-7-6-10(3)13(15)8-12/h6-9,11H,1-5H3. The van der Waals surface area contributed by atoms with Gasteiger partial charge in [-0.15, -0.1) is 0 Å². The number of amides is 1. The minimum Gasteiger partial charge on any atom is -0.339 e. The molecule has 0 aliphatic heterocycles. The van der Waals surface area contributed by atoms with Crippen molar-refractivity contribution in [3.8, 4) is 0 Å². The van der Waals surface area contributed by atoms with Crippen molar-refractivity contribution in [1.82, 2.24) is 4.90 Å². The maximum absolute atomic E-state index is 12.3. The molecule has 1 atom stereocenters. The topological polar surface area (TPSA) is 20.3 Å². The Bertz CT molecular complexity index is 415. The Hall–Kier alpha value is -0.830. The van der Waals surface area contributed by atoms with E-state index in [4.69, 9.17) is 0 Å². The summed E-state index contributed by atoms with van der Waals surface area (Å²) in [6.07, 6.45) is 0. The molecule has 3 heteroatoms. The lowest BCUT2D eigenvalue weighted by Gasteiger charge is -2.28. The van der Waals surface area contributed by atoms with Gasteiger partial charge in [0, 0.05) is 23.1 Å². The third-order valence-electron chi connectivity index (χ3n) is 3.31. The molecule has 0 spiro atoms. The Morgan fingerprint density at radius 1 is 1.29 bits per heavy atom. The molecule has 1 rings (SSSR count). The number of carbonyl (C=O) groups is 1. The van der Waals surface area contributed by atoms with Crippen LogP contribution < -0.4 is 0 Å². The second-order valence-corrected chi connectivity index (χ2v) is 5.72. The molecule has 0 N–H and O–H groups in total. The van der Waals surface area contributed by atoms with Crippen molar-refractivity contribution in [2.24, 2.45) is 5.92 Å². The lowest BCUT2D eigenvalue weighted by molar-refractivity contribution is 0.0707. The summed E-state index contributed by atoms with van der Waals surface area (Å²) in [6, 6.07) is 5.97. The minimum atomic E-state index is 0.0758. The molecule has 1 aromatic carbocycles. The second-order valence-electron chi connectivity index (χ2n) is 4.86. The Labute approximate surface area is 112 Å². The summed E-state index contributed by atoms with van der Waals surface area (Å²) < 4.78 is 0.981. The lowest BCUT2D eigenvalue weighted by atomic mass is 10.0. The van der Waals surface area contributed by atoms with Gasteiger partial charge >= 0.3 is 0 Å². The van der Waals surface area contributed by atoms with Gasteiger partial charge in [0.2, 0.25) is 0 Å². The van der Waals surface area contributed by atoms with Gasteiger partial charge in [-0.2, -0.15) is 0 Å². The molecular weight excluding hydrogens is 278 g/mol. The maximum atomic E-state index is 12.3. The molecule has 2 nitrogen and oxygen atoms in total. The summed E-state index contributed by atoms with van der Waals surface area (Å²) in [5, 5.41) is 0. The van der Waals surface area contributed by atoms with E-state index in [0.29, 0.717) is 5.92 Å². The van der Waals surface area contributed by atoms with Crippen molar-refractivity contribution in [2.75, 3.05) is 7.05 Å². The van der Waals surface area contributed by atoms with Crippen LogP contribution in [-0.4, -0.2) is 23.9 Å². The summed E-state index contributed by atoms with van der Waals surface area (Å²) in [6.45, 7) is 8.34. The number of aryl methyl sites for hydroxylation is 1. The molecule has 0 saturated carbocycles.